The number of hydrogen-bond acceptors (Lipinski definition) is 8. The van der Waals surface area contributed by atoms with E-state index in [4.69, 9.17) is 4.42 Å². The Kier molecular flexibility index (Phi) is 4.83. The molecule has 32 heavy (non-hydrogen) atoms. The standard InChI is InChI=1S/C22H17N5O5/c28-20-14(12-32-19-4-3-15(27(30)31)8-16(19)20)10-26-7-5-18-17(11-26)22(29)25-21(24-18)13-2-1-6-23-9-13/h1-4,6,8-9,12H,5,7,10-11H2,(H,24,25,29). The Hall–Kier alpha value is -4.18. The lowest BCUT2D eigenvalue weighted by atomic mass is 10.1. The molecule has 1 aliphatic heterocycles. The number of fused-ring (bicyclic) bond motifs is 2. The average molecular weight is 431 g/mol. The van der Waals surface area contributed by atoms with Gasteiger partial charge in [-0.05, 0) is 18.2 Å². The van der Waals surface area contributed by atoms with Gasteiger partial charge in [-0.25, -0.2) is 4.98 Å². The molecule has 3 aromatic heterocycles. The van der Waals surface area contributed by atoms with Gasteiger partial charge in [0.15, 0.2) is 5.43 Å². The molecule has 0 saturated carbocycles. The van der Waals surface area contributed by atoms with Gasteiger partial charge in [0.05, 0.1) is 27.8 Å². The Labute approximate surface area is 180 Å². The first kappa shape index (κ1) is 19.8. The molecule has 0 unspecified atom stereocenters. The first-order valence-electron chi connectivity index (χ1n) is 9.93. The van der Waals surface area contributed by atoms with Crippen LogP contribution in [0.4, 0.5) is 5.69 Å². The number of non-ortho nitro benzene ring substituents is 1. The van der Waals surface area contributed by atoms with Crippen molar-refractivity contribution in [1.29, 1.82) is 0 Å². The van der Waals surface area contributed by atoms with Crippen LogP contribution in [0.2, 0.25) is 0 Å². The van der Waals surface area contributed by atoms with Crippen molar-refractivity contribution in [3.8, 4) is 11.4 Å². The number of nitro benzene ring substituents is 1. The summed E-state index contributed by atoms with van der Waals surface area (Å²) in [5, 5.41) is 11.2. The second-order valence-electron chi connectivity index (χ2n) is 7.57. The van der Waals surface area contributed by atoms with E-state index in [9.17, 15) is 19.7 Å². The van der Waals surface area contributed by atoms with E-state index in [0.717, 1.165) is 11.3 Å². The van der Waals surface area contributed by atoms with Crippen LogP contribution in [0.3, 0.4) is 0 Å². The third-order valence-electron chi connectivity index (χ3n) is 5.52. The van der Waals surface area contributed by atoms with E-state index < -0.39 is 4.92 Å². The number of nitro groups is 1. The fraction of sp³-hybridized carbons (Fsp3) is 0.182. The molecule has 1 N–H and O–H groups in total. The molecule has 4 aromatic rings. The van der Waals surface area contributed by atoms with Crippen LogP contribution in [0.15, 0.2) is 63.0 Å². The number of nitrogens with one attached hydrogen (secondary N) is 1. The number of benzene rings is 1. The summed E-state index contributed by atoms with van der Waals surface area (Å²) in [5.74, 6) is 0.479. The van der Waals surface area contributed by atoms with Crippen molar-refractivity contribution >= 4 is 16.7 Å². The van der Waals surface area contributed by atoms with Gasteiger partial charge < -0.3 is 9.40 Å². The van der Waals surface area contributed by atoms with E-state index in [2.05, 4.69) is 15.0 Å². The summed E-state index contributed by atoms with van der Waals surface area (Å²) >= 11 is 0. The van der Waals surface area contributed by atoms with Crippen molar-refractivity contribution in [1.82, 2.24) is 19.9 Å². The predicted octanol–water partition coefficient (Wildman–Crippen LogP) is 2.40. The maximum Gasteiger partial charge on any atom is 0.270 e. The largest absolute Gasteiger partial charge is 0.464 e. The highest BCUT2D eigenvalue weighted by Crippen LogP contribution is 2.21. The number of hydrogen-bond donors (Lipinski definition) is 1. The van der Waals surface area contributed by atoms with Gasteiger partial charge >= 0.3 is 0 Å². The minimum Gasteiger partial charge on any atom is -0.464 e. The summed E-state index contributed by atoms with van der Waals surface area (Å²) in [6.45, 7) is 1.18. The molecule has 1 aliphatic rings. The monoisotopic (exact) mass is 431 g/mol. The summed E-state index contributed by atoms with van der Waals surface area (Å²) in [6, 6.07) is 7.55. The molecule has 0 atom stereocenters. The fourth-order valence-electron chi connectivity index (χ4n) is 3.88. The van der Waals surface area contributed by atoms with Crippen molar-refractivity contribution < 1.29 is 9.34 Å². The molecule has 10 heteroatoms. The Morgan fingerprint density at radius 1 is 1.25 bits per heavy atom. The van der Waals surface area contributed by atoms with Crippen molar-refractivity contribution in [3.05, 3.63) is 96.5 Å². The van der Waals surface area contributed by atoms with Gasteiger partial charge in [0, 0.05) is 61.7 Å². The molecule has 10 nitrogen and oxygen atoms in total. The van der Waals surface area contributed by atoms with Gasteiger partial charge in [-0.2, -0.15) is 0 Å². The normalized spacial score (nSPS) is 13.8. The maximum absolute atomic E-state index is 12.9. The predicted molar refractivity (Wildman–Crippen MR) is 115 cm³/mol. The van der Waals surface area contributed by atoms with Crippen LogP contribution in [0.25, 0.3) is 22.4 Å². The minimum absolute atomic E-state index is 0.162. The number of aromatic nitrogens is 3. The van der Waals surface area contributed by atoms with Gasteiger partial charge in [0.1, 0.15) is 11.4 Å². The fourth-order valence-corrected chi connectivity index (χ4v) is 3.88. The van der Waals surface area contributed by atoms with Crippen LogP contribution < -0.4 is 11.0 Å². The third kappa shape index (κ3) is 3.56. The van der Waals surface area contributed by atoms with Crippen LogP contribution in [0.1, 0.15) is 16.8 Å². The topological polar surface area (TPSA) is 135 Å². The molecule has 0 bridgehead atoms. The van der Waals surface area contributed by atoms with E-state index in [1.165, 1.54) is 24.5 Å². The highest BCUT2D eigenvalue weighted by molar-refractivity contribution is 5.79. The highest BCUT2D eigenvalue weighted by Gasteiger charge is 2.23. The van der Waals surface area contributed by atoms with Crippen LogP contribution in [0, 0.1) is 10.1 Å². The smallest absolute Gasteiger partial charge is 0.270 e. The SMILES string of the molecule is O=c1[nH]c(-c2cccnc2)nc2c1CN(Cc1coc3ccc([N+](=O)[O-])cc3c1=O)CC2. The van der Waals surface area contributed by atoms with Crippen molar-refractivity contribution in [2.24, 2.45) is 0 Å². The molecule has 0 fully saturated rings. The summed E-state index contributed by atoms with van der Waals surface area (Å²) in [5.41, 5.74) is 1.97. The number of H-pyrrole nitrogens is 1. The average Bonchev–Trinajstić information content (AvgIpc) is 2.81. The molecule has 1 aromatic carbocycles. The van der Waals surface area contributed by atoms with Gasteiger partial charge in [-0.3, -0.25) is 29.6 Å². The zero-order valence-corrected chi connectivity index (χ0v) is 16.8. The zero-order chi connectivity index (χ0) is 22.2. The number of pyridine rings is 1. The Morgan fingerprint density at radius 2 is 2.12 bits per heavy atom. The summed E-state index contributed by atoms with van der Waals surface area (Å²) in [7, 11) is 0. The molecule has 4 heterocycles. The van der Waals surface area contributed by atoms with Crippen LogP contribution in [-0.2, 0) is 19.5 Å². The van der Waals surface area contributed by atoms with Crippen molar-refractivity contribution in [2.45, 2.75) is 19.5 Å². The summed E-state index contributed by atoms with van der Waals surface area (Å²) in [4.78, 5) is 49.5. The lowest BCUT2D eigenvalue weighted by Gasteiger charge is -2.27. The molecule has 0 amide bonds. The summed E-state index contributed by atoms with van der Waals surface area (Å²) in [6.07, 6.45) is 5.22. The molecule has 0 saturated heterocycles. The molecular weight excluding hydrogens is 414 g/mol. The Balaban J connectivity index is 1.43. The second-order valence-corrected chi connectivity index (χ2v) is 7.57. The lowest BCUT2D eigenvalue weighted by Crippen LogP contribution is -2.36. The molecule has 0 spiro atoms. The second kappa shape index (κ2) is 7.82. The van der Waals surface area contributed by atoms with Crippen molar-refractivity contribution in [2.75, 3.05) is 6.54 Å². The summed E-state index contributed by atoms with van der Waals surface area (Å²) < 4.78 is 5.52. The van der Waals surface area contributed by atoms with E-state index in [1.807, 2.05) is 11.0 Å². The Bertz CT molecular complexity index is 1460. The molecule has 0 aliphatic carbocycles. The number of aromatic amines is 1. The van der Waals surface area contributed by atoms with Crippen LogP contribution >= 0.6 is 0 Å². The quantitative estimate of drug-likeness (QED) is 0.384. The lowest BCUT2D eigenvalue weighted by molar-refractivity contribution is -0.384. The van der Waals surface area contributed by atoms with E-state index >= 15 is 0 Å². The van der Waals surface area contributed by atoms with E-state index in [0.29, 0.717) is 36.5 Å². The Morgan fingerprint density at radius 3 is 2.91 bits per heavy atom. The van der Waals surface area contributed by atoms with Crippen LogP contribution in [-0.4, -0.2) is 31.3 Å². The van der Waals surface area contributed by atoms with E-state index in [1.54, 1.807) is 18.5 Å². The van der Waals surface area contributed by atoms with Crippen LogP contribution in [0.5, 0.6) is 0 Å². The van der Waals surface area contributed by atoms with Gasteiger partial charge in [-0.15, -0.1) is 0 Å². The van der Waals surface area contributed by atoms with E-state index in [-0.39, 0.29) is 34.2 Å². The molecule has 160 valence electrons. The number of rotatable bonds is 4. The van der Waals surface area contributed by atoms with Gasteiger partial charge in [0.25, 0.3) is 11.2 Å². The number of nitrogens with zero attached hydrogens (tertiary/aromatic N) is 4. The molecule has 5 rings (SSSR count). The van der Waals surface area contributed by atoms with Gasteiger partial charge in [0.2, 0.25) is 0 Å². The first-order valence-corrected chi connectivity index (χ1v) is 9.93. The first-order chi connectivity index (χ1) is 15.5. The maximum atomic E-state index is 12.9. The highest BCUT2D eigenvalue weighted by atomic mass is 16.6. The van der Waals surface area contributed by atoms with Crippen molar-refractivity contribution in [3.63, 3.8) is 0 Å². The zero-order valence-electron chi connectivity index (χ0n) is 16.8. The molecule has 0 radical (unpaired) electrons. The molecular formula is C22H17N5O5. The third-order valence-corrected chi connectivity index (χ3v) is 5.52. The minimum atomic E-state index is -0.549. The van der Waals surface area contributed by atoms with Gasteiger partial charge in [-0.1, -0.05) is 0 Å².